The summed E-state index contributed by atoms with van der Waals surface area (Å²) in [4.78, 5) is 2.18. The van der Waals surface area contributed by atoms with Crippen LogP contribution in [0.4, 0.5) is 5.69 Å². The van der Waals surface area contributed by atoms with Gasteiger partial charge in [-0.2, -0.15) is 0 Å². The first-order chi connectivity index (χ1) is 6.72. The number of anilines is 1. The van der Waals surface area contributed by atoms with Crippen molar-refractivity contribution in [3.05, 3.63) is 29.8 Å². The van der Waals surface area contributed by atoms with E-state index < -0.39 is 0 Å². The van der Waals surface area contributed by atoms with Crippen molar-refractivity contribution >= 4 is 5.69 Å². The maximum absolute atomic E-state index is 3.41. The number of aryl methyl sites for hydroxylation is 1. The van der Waals surface area contributed by atoms with E-state index in [1.807, 2.05) is 0 Å². The van der Waals surface area contributed by atoms with Crippen molar-refractivity contribution in [3.63, 3.8) is 0 Å². The van der Waals surface area contributed by atoms with Gasteiger partial charge in [-0.15, -0.1) is 0 Å². The first kappa shape index (κ1) is 11.1. The molecule has 0 aromatic heterocycles. The van der Waals surface area contributed by atoms with Crippen molar-refractivity contribution < 1.29 is 0 Å². The molecule has 1 aromatic carbocycles. The second-order valence-corrected chi connectivity index (χ2v) is 3.78. The molecule has 0 fully saturated rings. The Balaban J connectivity index is 2.42. The van der Waals surface area contributed by atoms with Crippen LogP contribution in [0.2, 0.25) is 0 Å². The third-order valence-electron chi connectivity index (χ3n) is 2.22. The van der Waals surface area contributed by atoms with Gasteiger partial charge in [-0.3, -0.25) is 0 Å². The van der Waals surface area contributed by atoms with Crippen molar-refractivity contribution in [2.45, 2.75) is 13.3 Å². The van der Waals surface area contributed by atoms with E-state index in [1.54, 1.807) is 0 Å². The van der Waals surface area contributed by atoms with Crippen LogP contribution >= 0.6 is 0 Å². The number of benzene rings is 1. The molecule has 0 aliphatic rings. The molecule has 0 aliphatic carbocycles. The number of nitrogens with one attached hydrogen (secondary N) is 1. The fourth-order valence-electron chi connectivity index (χ4n) is 1.33. The fraction of sp³-hybridized carbons (Fsp3) is 0.500. The molecule has 1 N–H and O–H groups in total. The van der Waals surface area contributed by atoms with E-state index >= 15 is 0 Å². The highest BCUT2D eigenvalue weighted by Gasteiger charge is 1.94. The Hall–Kier alpha value is -1.02. The maximum atomic E-state index is 3.41. The van der Waals surface area contributed by atoms with E-state index in [2.05, 4.69) is 55.5 Å². The molecule has 0 saturated heterocycles. The molecule has 0 unspecified atom stereocenters. The zero-order chi connectivity index (χ0) is 10.4. The van der Waals surface area contributed by atoms with Gasteiger partial charge in [0.15, 0.2) is 0 Å². The van der Waals surface area contributed by atoms with Gasteiger partial charge >= 0.3 is 0 Å². The van der Waals surface area contributed by atoms with Crippen LogP contribution in [0.1, 0.15) is 12.5 Å². The van der Waals surface area contributed by atoms with Gasteiger partial charge in [0.05, 0.1) is 0 Å². The van der Waals surface area contributed by atoms with Crippen LogP contribution < -0.4 is 5.32 Å². The monoisotopic (exact) mass is 192 g/mol. The summed E-state index contributed by atoms with van der Waals surface area (Å²) in [5.74, 6) is 0. The Labute approximate surface area is 86.9 Å². The van der Waals surface area contributed by atoms with Crippen molar-refractivity contribution in [1.29, 1.82) is 0 Å². The van der Waals surface area contributed by atoms with Crippen LogP contribution in [-0.2, 0) is 6.42 Å². The van der Waals surface area contributed by atoms with Gasteiger partial charge < -0.3 is 10.2 Å². The molecule has 0 radical (unpaired) electrons. The predicted octanol–water partition coefficient (Wildman–Crippen LogP) is 2.22. The lowest BCUT2D eigenvalue weighted by atomic mass is 10.1. The van der Waals surface area contributed by atoms with Crippen LogP contribution in [0.5, 0.6) is 0 Å². The molecule has 0 spiro atoms. The average Bonchev–Trinajstić information content (AvgIpc) is 2.18. The molecule has 1 rings (SSSR count). The molecule has 0 atom stereocenters. The highest BCUT2D eigenvalue weighted by atomic mass is 15.1. The van der Waals surface area contributed by atoms with Gasteiger partial charge in [0.1, 0.15) is 0 Å². The molecule has 0 saturated carbocycles. The number of likely N-dealkylation sites (N-methyl/N-ethyl adjacent to an activating group) is 1. The molecular formula is C12H20N2. The SMILES string of the molecule is CCc1cccc(NCCN(C)C)c1. The Bertz CT molecular complexity index is 269. The number of nitrogens with zero attached hydrogens (tertiary/aromatic N) is 1. The lowest BCUT2D eigenvalue weighted by Crippen LogP contribution is -2.20. The number of hydrogen-bond acceptors (Lipinski definition) is 2. The van der Waals surface area contributed by atoms with Crippen molar-refractivity contribution in [2.24, 2.45) is 0 Å². The standard InChI is InChI=1S/C12H20N2/c1-4-11-6-5-7-12(10-11)13-8-9-14(2)3/h5-7,10,13H,4,8-9H2,1-3H3. The smallest absolute Gasteiger partial charge is 0.0343 e. The van der Waals surface area contributed by atoms with Gasteiger partial charge in [0.25, 0.3) is 0 Å². The van der Waals surface area contributed by atoms with E-state index in [0.29, 0.717) is 0 Å². The summed E-state index contributed by atoms with van der Waals surface area (Å²) < 4.78 is 0. The molecule has 2 nitrogen and oxygen atoms in total. The Morgan fingerprint density at radius 1 is 1.29 bits per heavy atom. The van der Waals surface area contributed by atoms with E-state index in [0.717, 1.165) is 19.5 Å². The summed E-state index contributed by atoms with van der Waals surface area (Å²) in [7, 11) is 4.17. The molecule has 0 amide bonds. The normalized spacial score (nSPS) is 10.6. The van der Waals surface area contributed by atoms with Gasteiger partial charge in [-0.05, 0) is 38.2 Å². The Morgan fingerprint density at radius 3 is 2.71 bits per heavy atom. The minimum atomic E-state index is 1.00. The van der Waals surface area contributed by atoms with Gasteiger partial charge in [0, 0.05) is 18.8 Å². The Kier molecular flexibility index (Phi) is 4.47. The minimum absolute atomic E-state index is 1.00. The van der Waals surface area contributed by atoms with Crippen molar-refractivity contribution in [2.75, 3.05) is 32.5 Å². The van der Waals surface area contributed by atoms with E-state index in [9.17, 15) is 0 Å². The first-order valence-electron chi connectivity index (χ1n) is 5.20. The minimum Gasteiger partial charge on any atom is -0.384 e. The number of hydrogen-bond donors (Lipinski definition) is 1. The predicted molar refractivity (Wildman–Crippen MR) is 62.9 cm³/mol. The third-order valence-corrected chi connectivity index (χ3v) is 2.22. The lowest BCUT2D eigenvalue weighted by molar-refractivity contribution is 0.425. The highest BCUT2D eigenvalue weighted by molar-refractivity contribution is 5.45. The summed E-state index contributed by atoms with van der Waals surface area (Å²) >= 11 is 0. The first-order valence-corrected chi connectivity index (χ1v) is 5.20. The molecule has 1 aromatic rings. The summed E-state index contributed by atoms with van der Waals surface area (Å²) in [6.07, 6.45) is 1.10. The highest BCUT2D eigenvalue weighted by Crippen LogP contribution is 2.10. The van der Waals surface area contributed by atoms with Crippen LogP contribution in [0.3, 0.4) is 0 Å². The maximum Gasteiger partial charge on any atom is 0.0343 e. The summed E-state index contributed by atoms with van der Waals surface area (Å²) in [5, 5.41) is 3.41. The van der Waals surface area contributed by atoms with Crippen LogP contribution in [0.15, 0.2) is 24.3 Å². The summed E-state index contributed by atoms with van der Waals surface area (Å²) in [6.45, 7) is 4.25. The van der Waals surface area contributed by atoms with Gasteiger partial charge in [0.2, 0.25) is 0 Å². The molecule has 0 bridgehead atoms. The van der Waals surface area contributed by atoms with Crippen LogP contribution in [-0.4, -0.2) is 32.1 Å². The molecule has 14 heavy (non-hydrogen) atoms. The fourth-order valence-corrected chi connectivity index (χ4v) is 1.33. The quantitative estimate of drug-likeness (QED) is 0.769. The van der Waals surface area contributed by atoms with E-state index in [-0.39, 0.29) is 0 Å². The second-order valence-electron chi connectivity index (χ2n) is 3.78. The van der Waals surface area contributed by atoms with E-state index in [4.69, 9.17) is 0 Å². The third kappa shape index (κ3) is 3.79. The van der Waals surface area contributed by atoms with Crippen LogP contribution in [0, 0.1) is 0 Å². The Morgan fingerprint density at radius 2 is 2.07 bits per heavy atom. The molecule has 78 valence electrons. The van der Waals surface area contributed by atoms with Gasteiger partial charge in [-0.25, -0.2) is 0 Å². The summed E-state index contributed by atoms with van der Waals surface area (Å²) in [5.41, 5.74) is 2.62. The van der Waals surface area contributed by atoms with Crippen LogP contribution in [0.25, 0.3) is 0 Å². The largest absolute Gasteiger partial charge is 0.384 e. The summed E-state index contributed by atoms with van der Waals surface area (Å²) in [6, 6.07) is 8.61. The lowest BCUT2D eigenvalue weighted by Gasteiger charge is -2.11. The van der Waals surface area contributed by atoms with Gasteiger partial charge in [-0.1, -0.05) is 19.1 Å². The topological polar surface area (TPSA) is 15.3 Å². The van der Waals surface area contributed by atoms with E-state index in [1.165, 1.54) is 11.3 Å². The molecule has 2 heteroatoms. The van der Waals surface area contributed by atoms with Crippen molar-refractivity contribution in [1.82, 2.24) is 4.90 Å². The zero-order valence-corrected chi connectivity index (χ0v) is 9.38. The second kappa shape index (κ2) is 5.66. The van der Waals surface area contributed by atoms with Crippen molar-refractivity contribution in [3.8, 4) is 0 Å². The molecule has 0 heterocycles. The zero-order valence-electron chi connectivity index (χ0n) is 9.38. The average molecular weight is 192 g/mol. The molecular weight excluding hydrogens is 172 g/mol. The molecule has 0 aliphatic heterocycles. The number of rotatable bonds is 5.